The average Bonchev–Trinajstić information content (AvgIpc) is 3.85. The maximum Gasteiger partial charge on any atom is 2.00 e. The van der Waals surface area contributed by atoms with E-state index in [1.165, 1.54) is 0 Å². The molecule has 2 heterocycles. The molecule has 250 valence electrons. The Morgan fingerprint density at radius 2 is 0.953 bits per heavy atom. The van der Waals surface area contributed by atoms with Crippen LogP contribution in [0.15, 0.2) is 0 Å². The third kappa shape index (κ3) is 34.6. The number of rotatable bonds is 21. The van der Waals surface area contributed by atoms with Gasteiger partial charge in [-0.15, -0.1) is 0 Å². The van der Waals surface area contributed by atoms with Crippen LogP contribution in [0, 0.1) is 0 Å². The molecule has 16 nitrogen and oxygen atoms in total. The van der Waals surface area contributed by atoms with Gasteiger partial charge in [0.1, 0.15) is 12.2 Å². The Morgan fingerprint density at radius 1 is 0.674 bits per heavy atom. The fourth-order valence-corrected chi connectivity index (χ4v) is 7.37. The molecule has 0 aromatic carbocycles. The molecule has 2 saturated heterocycles. The summed E-state index contributed by atoms with van der Waals surface area (Å²) in [4.78, 5) is 16.5. The van der Waals surface area contributed by atoms with Crippen molar-refractivity contribution in [3.05, 3.63) is 0 Å². The number of ether oxygens (including phenoxy) is 4. The minimum absolute atomic E-state index is 0. The van der Waals surface area contributed by atoms with Crippen LogP contribution in [0.25, 0.3) is 0 Å². The molecule has 0 amide bonds. The average molecular weight is 719 g/mol. The van der Waals surface area contributed by atoms with E-state index < -0.39 is 17.6 Å². The standard InChI is InChI=1S/C12H26O5Si.C9H20O5Si.2CHO2.2Ca.2H2O/c1-4-15-18(16-5-2,17-6-3)9-7-8-13-10-12-11-14-12;1-10-15(11-2,12-3)6-4-5-13-7-9-8-14-9;2*2-1-3;;;;/h12H,4-11H2,1-3H3;9H,4-8H2,1-3H3;2*(H,2,3);;;2*1H2/q;;2*-1;2*+2;;/p-2. The Labute approximate surface area is 318 Å². The molecule has 0 aromatic rings. The summed E-state index contributed by atoms with van der Waals surface area (Å²) in [6.07, 6.45) is 2.45. The van der Waals surface area contributed by atoms with Crippen molar-refractivity contribution in [3.8, 4) is 0 Å². The molecule has 4 N–H and O–H groups in total. The summed E-state index contributed by atoms with van der Waals surface area (Å²) in [5.74, 6) is 0. The second-order valence-electron chi connectivity index (χ2n) is 7.73. The zero-order valence-corrected chi connectivity index (χ0v) is 32.9. The van der Waals surface area contributed by atoms with E-state index in [0.29, 0.717) is 71.4 Å². The molecule has 2 fully saturated rings. The first-order valence-electron chi connectivity index (χ1n) is 12.8. The molecule has 20 heteroatoms. The second kappa shape index (κ2) is 39.6. The van der Waals surface area contributed by atoms with Gasteiger partial charge in [0.25, 0.3) is 0 Å². The molecule has 43 heavy (non-hydrogen) atoms. The van der Waals surface area contributed by atoms with Crippen LogP contribution in [0.4, 0.5) is 0 Å². The minimum Gasteiger partial charge on any atom is -0.870 e. The number of aliphatic hydroxyl groups excluding tert-OH is 2. The van der Waals surface area contributed by atoms with Crippen LogP contribution >= 0.6 is 0 Å². The Kier molecular flexibility index (Phi) is 52.2. The zero-order valence-electron chi connectivity index (χ0n) is 26.4. The third-order valence-corrected chi connectivity index (χ3v) is 11.0. The molecule has 2 unspecified atom stereocenters. The molecule has 2 aliphatic heterocycles. The predicted octanol–water partition coefficient (Wildman–Crippen LogP) is 0.618. The van der Waals surface area contributed by atoms with Gasteiger partial charge < -0.3 is 76.3 Å². The van der Waals surface area contributed by atoms with Gasteiger partial charge in [-0.2, -0.15) is 0 Å². The molecule has 0 radical (unpaired) electrons. The monoisotopic (exact) mass is 718 g/mol. The van der Waals surface area contributed by atoms with Crippen LogP contribution in [0.3, 0.4) is 0 Å². The van der Waals surface area contributed by atoms with Gasteiger partial charge in [0.05, 0.1) is 26.4 Å². The van der Waals surface area contributed by atoms with Crippen LogP contribution in [0.5, 0.6) is 0 Å². The van der Waals surface area contributed by atoms with Crippen molar-refractivity contribution in [3.63, 3.8) is 0 Å². The SMILES string of the molecule is CCO[Si](CCCOCC1CO1)(OCC)OCC.CO[Si](CCCOCC1CO1)(OC)OC.O=[C-]O.O=[C-]O.[Ca+2].[Ca+2].[OH-].[OH-]. The zero-order chi connectivity index (χ0) is 29.8. The van der Waals surface area contributed by atoms with Crippen molar-refractivity contribution in [2.45, 2.75) is 57.9 Å². The molecule has 0 aliphatic carbocycles. The van der Waals surface area contributed by atoms with Crippen molar-refractivity contribution < 1.29 is 76.3 Å². The number of hydrogen-bond donors (Lipinski definition) is 2. The van der Waals surface area contributed by atoms with E-state index in [1.807, 2.05) is 20.8 Å². The van der Waals surface area contributed by atoms with E-state index in [-0.39, 0.29) is 86.4 Å². The summed E-state index contributed by atoms with van der Waals surface area (Å²) in [6.45, 7) is 13.3. The van der Waals surface area contributed by atoms with Crippen LogP contribution in [-0.4, -0.2) is 220 Å². The maximum absolute atomic E-state index is 8.24. The predicted molar refractivity (Wildman–Crippen MR) is 159 cm³/mol. The van der Waals surface area contributed by atoms with E-state index >= 15 is 0 Å². The number of epoxide rings is 2. The summed E-state index contributed by atoms with van der Waals surface area (Å²) in [6, 6.07) is 1.59. The van der Waals surface area contributed by atoms with Gasteiger partial charge in [0.15, 0.2) is 0 Å². The molecule has 0 saturated carbocycles. The van der Waals surface area contributed by atoms with E-state index in [4.69, 9.17) is 65.3 Å². The van der Waals surface area contributed by atoms with Crippen molar-refractivity contribution in [1.29, 1.82) is 0 Å². The normalized spacial score (nSPS) is 15.8. The van der Waals surface area contributed by atoms with Gasteiger partial charge in [-0.05, 0) is 33.6 Å². The smallest absolute Gasteiger partial charge is 0.870 e. The van der Waals surface area contributed by atoms with Crippen molar-refractivity contribution in [2.24, 2.45) is 0 Å². The van der Waals surface area contributed by atoms with Gasteiger partial charge in [-0.3, -0.25) is 0 Å². The van der Waals surface area contributed by atoms with Gasteiger partial charge in [0.2, 0.25) is 0 Å². The van der Waals surface area contributed by atoms with Crippen LogP contribution < -0.4 is 0 Å². The first-order chi connectivity index (χ1) is 18.8. The molecule has 0 bridgehead atoms. The minimum atomic E-state index is -2.47. The molecule has 2 aliphatic rings. The quantitative estimate of drug-likeness (QED) is 0.0716. The Bertz CT molecular complexity index is 532. The first-order valence-corrected chi connectivity index (χ1v) is 16.7. The molecule has 2 atom stereocenters. The van der Waals surface area contributed by atoms with Crippen molar-refractivity contribution in [1.82, 2.24) is 0 Å². The maximum atomic E-state index is 8.24. The van der Waals surface area contributed by atoms with Gasteiger partial charge in [-0.25, -0.2) is 0 Å². The molecular formula is C23H50Ca2O16Si2. The first kappa shape index (κ1) is 56.7. The van der Waals surface area contributed by atoms with Crippen molar-refractivity contribution in [2.75, 3.05) is 80.8 Å². The molecule has 0 aromatic heterocycles. The van der Waals surface area contributed by atoms with Crippen LogP contribution in [-0.2, 0) is 55.1 Å². The van der Waals surface area contributed by atoms with Gasteiger partial charge in [0, 0.05) is 66.5 Å². The summed E-state index contributed by atoms with van der Waals surface area (Å²) >= 11 is 0. The molecule has 0 spiro atoms. The second-order valence-corrected chi connectivity index (χ2v) is 13.6. The molecule has 2 rings (SSSR count). The van der Waals surface area contributed by atoms with E-state index in [9.17, 15) is 0 Å². The van der Waals surface area contributed by atoms with E-state index in [2.05, 4.69) is 0 Å². The van der Waals surface area contributed by atoms with E-state index in [0.717, 1.165) is 38.1 Å². The van der Waals surface area contributed by atoms with Gasteiger partial charge >= 0.3 is 93.1 Å². The molecular weight excluding hydrogens is 669 g/mol. The summed E-state index contributed by atoms with van der Waals surface area (Å²) < 4.78 is 54.2. The fourth-order valence-electron chi connectivity index (χ4n) is 3.10. The summed E-state index contributed by atoms with van der Waals surface area (Å²) in [7, 11) is 0.0108. The summed E-state index contributed by atoms with van der Waals surface area (Å²) in [5, 5.41) is 13.5. The van der Waals surface area contributed by atoms with Crippen LogP contribution in [0.2, 0.25) is 12.1 Å². The Hall–Kier alpha value is 1.41. The fraction of sp³-hybridized carbons (Fsp3) is 0.913. The van der Waals surface area contributed by atoms with Crippen molar-refractivity contribution >= 4 is 106 Å². The summed E-state index contributed by atoms with van der Waals surface area (Å²) in [5.41, 5.74) is 0. The Morgan fingerprint density at radius 3 is 1.19 bits per heavy atom. The Balaban J connectivity index is -0.000000125. The van der Waals surface area contributed by atoms with Crippen LogP contribution in [0.1, 0.15) is 33.6 Å². The largest absolute Gasteiger partial charge is 2.00 e. The van der Waals surface area contributed by atoms with Gasteiger partial charge in [-0.1, -0.05) is 12.9 Å². The number of hydrogen-bond acceptors (Lipinski definition) is 14. The topological polar surface area (TPSA) is 234 Å². The van der Waals surface area contributed by atoms with E-state index in [1.54, 1.807) is 21.3 Å². The third-order valence-electron chi connectivity index (χ3n) is 4.98.